The van der Waals surface area contributed by atoms with Crippen LogP contribution in [0.15, 0.2) is 36.7 Å². The number of nitrogens with zero attached hydrogens (tertiary/aromatic N) is 6. The molecule has 2 N–H and O–H groups in total. The zero-order chi connectivity index (χ0) is 17.8. The highest BCUT2D eigenvalue weighted by Gasteiger charge is 2.14. The van der Waals surface area contributed by atoms with Gasteiger partial charge in [-0.2, -0.15) is 0 Å². The molecule has 10 heteroatoms. The molecule has 0 saturated heterocycles. The van der Waals surface area contributed by atoms with Gasteiger partial charge in [-0.15, -0.1) is 5.10 Å². The summed E-state index contributed by atoms with van der Waals surface area (Å²) in [6.07, 6.45) is 3.32. The third kappa shape index (κ3) is 3.86. The number of benzene rings is 1. The Hall–Kier alpha value is -3.56. The molecular weight excluding hydrogens is 326 g/mol. The molecule has 0 fully saturated rings. The third-order valence-electron chi connectivity index (χ3n) is 3.37. The van der Waals surface area contributed by atoms with E-state index in [1.54, 1.807) is 36.1 Å². The second-order valence-electron chi connectivity index (χ2n) is 5.25. The maximum atomic E-state index is 11.0. The van der Waals surface area contributed by atoms with Crippen LogP contribution in [0.4, 0.5) is 11.5 Å². The first-order valence-corrected chi connectivity index (χ1v) is 7.36. The molecule has 128 valence electrons. The van der Waals surface area contributed by atoms with Gasteiger partial charge in [0.15, 0.2) is 5.75 Å². The predicted molar refractivity (Wildman–Crippen MR) is 87.7 cm³/mol. The monoisotopic (exact) mass is 341 g/mol. The molecule has 0 aliphatic carbocycles. The van der Waals surface area contributed by atoms with Crippen molar-refractivity contribution in [1.29, 1.82) is 0 Å². The van der Waals surface area contributed by atoms with Crippen molar-refractivity contribution < 1.29 is 9.66 Å². The first-order chi connectivity index (χ1) is 12.0. The van der Waals surface area contributed by atoms with E-state index in [9.17, 15) is 10.1 Å². The number of anilines is 1. The fraction of sp³-hybridized carbons (Fsp3) is 0.200. The molecule has 0 spiro atoms. The average Bonchev–Trinajstić information content (AvgIpc) is 3.03. The highest BCUT2D eigenvalue weighted by atomic mass is 16.6. The summed E-state index contributed by atoms with van der Waals surface area (Å²) in [4.78, 5) is 18.7. The number of hydrogen-bond donors (Lipinski definition) is 1. The van der Waals surface area contributed by atoms with Crippen LogP contribution in [0.2, 0.25) is 0 Å². The number of nitro benzene ring substituents is 1. The van der Waals surface area contributed by atoms with Gasteiger partial charge in [0.2, 0.25) is 0 Å². The lowest BCUT2D eigenvalue weighted by Crippen LogP contribution is -2.07. The number of aromatic nitrogens is 5. The zero-order valence-corrected chi connectivity index (χ0v) is 13.4. The molecule has 2 heterocycles. The number of aryl methyl sites for hydroxylation is 1. The quantitative estimate of drug-likeness (QED) is 0.526. The van der Waals surface area contributed by atoms with Gasteiger partial charge in [-0.1, -0.05) is 17.3 Å². The van der Waals surface area contributed by atoms with Gasteiger partial charge in [0.05, 0.1) is 17.7 Å². The highest BCUT2D eigenvalue weighted by molar-refractivity contribution is 5.45. The molecule has 0 aliphatic rings. The smallest absolute Gasteiger partial charge is 0.310 e. The topological polar surface area (TPSA) is 135 Å². The van der Waals surface area contributed by atoms with E-state index >= 15 is 0 Å². The van der Waals surface area contributed by atoms with Gasteiger partial charge in [0.25, 0.3) is 0 Å². The second-order valence-corrected chi connectivity index (χ2v) is 5.25. The molecule has 0 atom stereocenters. The number of nitrogen functional groups attached to an aromatic ring is 1. The number of para-hydroxylation sites is 2. The zero-order valence-electron chi connectivity index (χ0n) is 13.4. The fourth-order valence-corrected chi connectivity index (χ4v) is 2.17. The lowest BCUT2D eigenvalue weighted by atomic mass is 10.3. The number of nitrogens with two attached hydrogens (primary N) is 1. The first kappa shape index (κ1) is 16.3. The number of rotatable bonds is 6. The van der Waals surface area contributed by atoms with Crippen LogP contribution in [0, 0.1) is 17.0 Å². The van der Waals surface area contributed by atoms with Crippen molar-refractivity contribution in [2.24, 2.45) is 0 Å². The molecular formula is C15H15N7O3. The highest BCUT2D eigenvalue weighted by Crippen LogP contribution is 2.26. The van der Waals surface area contributed by atoms with E-state index in [1.165, 1.54) is 12.1 Å². The molecule has 1 aromatic carbocycles. The van der Waals surface area contributed by atoms with Crippen molar-refractivity contribution in [1.82, 2.24) is 25.0 Å². The summed E-state index contributed by atoms with van der Waals surface area (Å²) < 4.78 is 7.05. The number of nitro groups is 1. The minimum absolute atomic E-state index is 0.0603. The largest absolute Gasteiger partial charge is 0.480 e. The maximum Gasteiger partial charge on any atom is 0.310 e. The SMILES string of the molecule is Cc1ncc(Cn2cc(COc3ccccc3[N+](=O)[O-])nn2)c(N)n1. The molecule has 3 rings (SSSR count). The summed E-state index contributed by atoms with van der Waals surface area (Å²) in [5.74, 6) is 1.16. The van der Waals surface area contributed by atoms with Gasteiger partial charge in [0, 0.05) is 17.8 Å². The van der Waals surface area contributed by atoms with Crippen molar-refractivity contribution >= 4 is 11.5 Å². The van der Waals surface area contributed by atoms with E-state index < -0.39 is 4.92 Å². The van der Waals surface area contributed by atoms with Crippen LogP contribution >= 0.6 is 0 Å². The van der Waals surface area contributed by atoms with Crippen LogP contribution in [0.25, 0.3) is 0 Å². The standard InChI is InChI=1S/C15H15N7O3/c1-10-17-6-11(15(16)18-10)7-21-8-12(19-20-21)9-25-14-5-3-2-4-13(14)22(23)24/h2-6,8H,7,9H2,1H3,(H2,16,17,18). The van der Waals surface area contributed by atoms with E-state index in [2.05, 4.69) is 20.3 Å². The van der Waals surface area contributed by atoms with Gasteiger partial charge < -0.3 is 10.5 Å². The van der Waals surface area contributed by atoms with E-state index in [-0.39, 0.29) is 18.0 Å². The van der Waals surface area contributed by atoms with Gasteiger partial charge in [-0.25, -0.2) is 14.6 Å². The van der Waals surface area contributed by atoms with Crippen LogP contribution in [0.5, 0.6) is 5.75 Å². The van der Waals surface area contributed by atoms with E-state index in [0.717, 1.165) is 5.56 Å². The Morgan fingerprint density at radius 2 is 2.16 bits per heavy atom. The molecule has 0 amide bonds. The number of hydrogen-bond acceptors (Lipinski definition) is 8. The van der Waals surface area contributed by atoms with Gasteiger partial charge in [-0.05, 0) is 13.0 Å². The molecule has 25 heavy (non-hydrogen) atoms. The summed E-state index contributed by atoms with van der Waals surface area (Å²) in [6, 6.07) is 6.16. The molecule has 0 aliphatic heterocycles. The Labute approximate surface area is 142 Å². The van der Waals surface area contributed by atoms with E-state index in [1.807, 2.05) is 0 Å². The van der Waals surface area contributed by atoms with Crippen molar-refractivity contribution in [3.63, 3.8) is 0 Å². The Morgan fingerprint density at radius 3 is 2.92 bits per heavy atom. The lowest BCUT2D eigenvalue weighted by Gasteiger charge is -2.05. The molecule has 10 nitrogen and oxygen atoms in total. The lowest BCUT2D eigenvalue weighted by molar-refractivity contribution is -0.385. The molecule has 0 unspecified atom stereocenters. The molecule has 3 aromatic rings. The minimum atomic E-state index is -0.494. The van der Waals surface area contributed by atoms with Gasteiger partial charge in [-0.3, -0.25) is 10.1 Å². The Morgan fingerprint density at radius 1 is 1.36 bits per heavy atom. The summed E-state index contributed by atoms with van der Waals surface area (Å²) >= 11 is 0. The normalized spacial score (nSPS) is 10.6. The second kappa shape index (κ2) is 6.91. The van der Waals surface area contributed by atoms with Crippen molar-refractivity contribution in [2.45, 2.75) is 20.1 Å². The van der Waals surface area contributed by atoms with Crippen LogP contribution in [-0.2, 0) is 13.2 Å². The summed E-state index contributed by atoms with van der Waals surface area (Å²) in [5.41, 5.74) is 7.01. The summed E-state index contributed by atoms with van der Waals surface area (Å²) in [6.45, 7) is 2.18. The number of ether oxygens (including phenoxy) is 1. The fourth-order valence-electron chi connectivity index (χ4n) is 2.17. The van der Waals surface area contributed by atoms with Crippen LogP contribution < -0.4 is 10.5 Å². The van der Waals surface area contributed by atoms with Crippen molar-refractivity contribution in [2.75, 3.05) is 5.73 Å². The molecule has 2 aromatic heterocycles. The van der Waals surface area contributed by atoms with Crippen LogP contribution in [-0.4, -0.2) is 29.9 Å². The van der Waals surface area contributed by atoms with E-state index in [0.29, 0.717) is 23.9 Å². The van der Waals surface area contributed by atoms with E-state index in [4.69, 9.17) is 10.5 Å². The first-order valence-electron chi connectivity index (χ1n) is 7.36. The minimum Gasteiger partial charge on any atom is -0.480 e. The third-order valence-corrected chi connectivity index (χ3v) is 3.37. The summed E-state index contributed by atoms with van der Waals surface area (Å²) in [5, 5.41) is 18.9. The maximum absolute atomic E-state index is 11.0. The summed E-state index contributed by atoms with van der Waals surface area (Å²) in [7, 11) is 0. The Bertz CT molecular complexity index is 910. The average molecular weight is 341 g/mol. The molecule has 0 radical (unpaired) electrons. The van der Waals surface area contributed by atoms with Crippen LogP contribution in [0.1, 0.15) is 17.1 Å². The van der Waals surface area contributed by atoms with Gasteiger partial charge in [0.1, 0.15) is 23.9 Å². The van der Waals surface area contributed by atoms with Gasteiger partial charge >= 0.3 is 5.69 Å². The Kier molecular flexibility index (Phi) is 4.50. The molecule has 0 bridgehead atoms. The van der Waals surface area contributed by atoms with Crippen LogP contribution in [0.3, 0.4) is 0 Å². The van der Waals surface area contributed by atoms with Crippen molar-refractivity contribution in [3.05, 3.63) is 63.9 Å². The van der Waals surface area contributed by atoms with Crippen molar-refractivity contribution in [3.8, 4) is 5.75 Å². The Balaban J connectivity index is 1.67. The predicted octanol–water partition coefficient (Wildman–Crippen LogP) is 1.49. The molecule has 0 saturated carbocycles.